The lowest BCUT2D eigenvalue weighted by atomic mass is 10.2. The number of carbonyl (C=O) groups excluding carboxylic acids is 1. The van der Waals surface area contributed by atoms with Crippen LogP contribution in [0.1, 0.15) is 19.8 Å². The van der Waals surface area contributed by atoms with Crippen LogP contribution in [-0.4, -0.2) is 47.8 Å². The Morgan fingerprint density at radius 1 is 1.73 bits per heavy atom. The molecule has 1 amide bonds. The number of hydrogen-bond acceptors (Lipinski definition) is 4. The maximum Gasteiger partial charge on any atom is 0.221 e. The fraction of sp³-hybridized carbons (Fsp3) is 0.900. The maximum atomic E-state index is 11.5. The van der Waals surface area contributed by atoms with E-state index >= 15 is 0 Å². The highest BCUT2D eigenvalue weighted by molar-refractivity contribution is 7.99. The fourth-order valence-corrected chi connectivity index (χ4v) is 2.37. The van der Waals surface area contributed by atoms with Gasteiger partial charge < -0.3 is 15.7 Å². The zero-order valence-electron chi connectivity index (χ0n) is 9.16. The number of amides is 1. The highest BCUT2D eigenvalue weighted by atomic mass is 32.2. The molecule has 0 saturated carbocycles. The molecule has 1 saturated heterocycles. The molecule has 15 heavy (non-hydrogen) atoms. The summed E-state index contributed by atoms with van der Waals surface area (Å²) in [5, 5.41) is 15.3. The van der Waals surface area contributed by atoms with E-state index in [1.54, 1.807) is 0 Å². The summed E-state index contributed by atoms with van der Waals surface area (Å²) in [6.07, 6.45) is 0.781. The molecule has 0 aromatic heterocycles. The molecule has 1 rings (SSSR count). The molecule has 0 aromatic carbocycles. The molecule has 0 radical (unpaired) electrons. The molecule has 1 aliphatic heterocycles. The first-order valence-corrected chi connectivity index (χ1v) is 6.63. The first-order valence-electron chi connectivity index (χ1n) is 5.48. The number of aliphatic hydroxyl groups excluding tert-OH is 1. The topological polar surface area (TPSA) is 61.4 Å². The lowest BCUT2D eigenvalue weighted by Gasteiger charge is -2.22. The summed E-state index contributed by atoms with van der Waals surface area (Å²) in [6, 6.07) is 0.294. The van der Waals surface area contributed by atoms with Crippen LogP contribution in [0, 0.1) is 0 Å². The first kappa shape index (κ1) is 12.8. The van der Waals surface area contributed by atoms with Gasteiger partial charge in [-0.1, -0.05) is 6.92 Å². The van der Waals surface area contributed by atoms with E-state index in [2.05, 4.69) is 10.6 Å². The Bertz CT molecular complexity index is 196. The minimum Gasteiger partial charge on any atom is -0.391 e. The van der Waals surface area contributed by atoms with Crippen LogP contribution in [0.4, 0.5) is 0 Å². The van der Waals surface area contributed by atoms with Gasteiger partial charge in [0.1, 0.15) is 0 Å². The zero-order valence-corrected chi connectivity index (χ0v) is 9.98. The number of thioether (sulfide) groups is 1. The van der Waals surface area contributed by atoms with Crippen LogP contribution in [0.2, 0.25) is 0 Å². The van der Waals surface area contributed by atoms with Gasteiger partial charge in [-0.05, 0) is 6.42 Å². The normalized spacial score (nSPS) is 23.5. The van der Waals surface area contributed by atoms with Crippen LogP contribution in [0.5, 0.6) is 0 Å². The molecule has 3 N–H and O–H groups in total. The van der Waals surface area contributed by atoms with Crippen LogP contribution < -0.4 is 10.6 Å². The Labute approximate surface area is 95.2 Å². The predicted octanol–water partition coefficient (Wildman–Crippen LogP) is -0.0314. The molecule has 88 valence electrons. The minimum atomic E-state index is -0.414. The minimum absolute atomic E-state index is 0.0301. The van der Waals surface area contributed by atoms with Gasteiger partial charge in [-0.2, -0.15) is 11.8 Å². The molecule has 0 aromatic rings. The van der Waals surface area contributed by atoms with Crippen LogP contribution >= 0.6 is 11.8 Å². The Morgan fingerprint density at radius 3 is 3.13 bits per heavy atom. The predicted molar refractivity (Wildman–Crippen MR) is 63.0 cm³/mol. The van der Waals surface area contributed by atoms with Gasteiger partial charge in [-0.15, -0.1) is 0 Å². The number of rotatable bonds is 5. The van der Waals surface area contributed by atoms with Crippen LogP contribution in [0.15, 0.2) is 0 Å². The van der Waals surface area contributed by atoms with Gasteiger partial charge in [0.05, 0.1) is 6.10 Å². The highest BCUT2D eigenvalue weighted by Gasteiger charge is 2.16. The lowest BCUT2D eigenvalue weighted by molar-refractivity contribution is -0.121. The van der Waals surface area contributed by atoms with E-state index in [1.807, 2.05) is 18.7 Å². The van der Waals surface area contributed by atoms with E-state index in [-0.39, 0.29) is 5.91 Å². The lowest BCUT2D eigenvalue weighted by Crippen LogP contribution is -2.42. The molecule has 0 spiro atoms. The van der Waals surface area contributed by atoms with E-state index in [0.29, 0.717) is 25.4 Å². The molecule has 2 atom stereocenters. The van der Waals surface area contributed by atoms with Gasteiger partial charge in [0.15, 0.2) is 0 Å². The average Bonchev–Trinajstić information content (AvgIpc) is 2.27. The Balaban J connectivity index is 2.11. The number of hydrogen-bond donors (Lipinski definition) is 3. The molecule has 0 aliphatic carbocycles. The molecule has 1 fully saturated rings. The molecule has 2 unspecified atom stereocenters. The highest BCUT2D eigenvalue weighted by Crippen LogP contribution is 2.09. The summed E-state index contributed by atoms with van der Waals surface area (Å²) >= 11 is 1.88. The van der Waals surface area contributed by atoms with Gasteiger partial charge in [-0.25, -0.2) is 0 Å². The summed E-state index contributed by atoms with van der Waals surface area (Å²) < 4.78 is 0. The largest absolute Gasteiger partial charge is 0.391 e. The quantitative estimate of drug-likeness (QED) is 0.623. The second-order valence-corrected chi connectivity index (χ2v) is 4.95. The fourth-order valence-electron chi connectivity index (χ4n) is 1.42. The third kappa shape index (κ3) is 5.39. The van der Waals surface area contributed by atoms with Crippen molar-refractivity contribution in [3.8, 4) is 0 Å². The second kappa shape index (κ2) is 7.09. The van der Waals surface area contributed by atoms with Crippen LogP contribution in [0.25, 0.3) is 0 Å². The van der Waals surface area contributed by atoms with Crippen molar-refractivity contribution >= 4 is 17.7 Å². The molecular weight excluding hydrogens is 212 g/mol. The van der Waals surface area contributed by atoms with Crippen molar-refractivity contribution in [1.29, 1.82) is 0 Å². The summed E-state index contributed by atoms with van der Waals surface area (Å²) in [7, 11) is 0. The van der Waals surface area contributed by atoms with Crippen molar-refractivity contribution in [3.63, 3.8) is 0 Å². The number of aliphatic hydroxyl groups is 1. The summed E-state index contributed by atoms with van der Waals surface area (Å²) in [4.78, 5) is 11.5. The second-order valence-electron chi connectivity index (χ2n) is 3.80. The molecular formula is C10H20N2O2S. The smallest absolute Gasteiger partial charge is 0.221 e. The van der Waals surface area contributed by atoms with E-state index in [4.69, 9.17) is 0 Å². The third-order valence-electron chi connectivity index (χ3n) is 2.44. The molecule has 1 heterocycles. The van der Waals surface area contributed by atoms with Crippen molar-refractivity contribution in [3.05, 3.63) is 0 Å². The van der Waals surface area contributed by atoms with Crippen LogP contribution in [-0.2, 0) is 4.79 Å². The van der Waals surface area contributed by atoms with Gasteiger partial charge >= 0.3 is 0 Å². The van der Waals surface area contributed by atoms with Crippen molar-refractivity contribution in [1.82, 2.24) is 10.6 Å². The van der Waals surface area contributed by atoms with E-state index in [1.165, 1.54) is 0 Å². The molecule has 5 heteroatoms. The standard InChI is InChI=1S/C10H20N2O2S/c1-2-9(13)6-12-10(14)5-8-7-15-4-3-11-8/h8-9,11,13H,2-7H2,1H3,(H,12,14). The number of nitrogens with one attached hydrogen (secondary N) is 2. The van der Waals surface area contributed by atoms with E-state index in [9.17, 15) is 9.90 Å². The Hall–Kier alpha value is -0.260. The summed E-state index contributed by atoms with van der Waals surface area (Å²) in [6.45, 7) is 3.26. The van der Waals surface area contributed by atoms with Crippen molar-refractivity contribution in [2.24, 2.45) is 0 Å². The molecule has 1 aliphatic rings. The average molecular weight is 232 g/mol. The van der Waals surface area contributed by atoms with Crippen molar-refractivity contribution in [2.75, 3.05) is 24.6 Å². The monoisotopic (exact) mass is 232 g/mol. The Morgan fingerprint density at radius 2 is 2.53 bits per heavy atom. The van der Waals surface area contributed by atoms with Crippen molar-refractivity contribution < 1.29 is 9.90 Å². The number of carbonyl (C=O) groups is 1. The summed E-state index contributed by atoms with van der Waals surface area (Å²) in [5.74, 6) is 2.17. The van der Waals surface area contributed by atoms with Gasteiger partial charge in [0, 0.05) is 37.1 Å². The zero-order chi connectivity index (χ0) is 11.1. The SMILES string of the molecule is CCC(O)CNC(=O)CC1CSCCN1. The van der Waals surface area contributed by atoms with Crippen LogP contribution in [0.3, 0.4) is 0 Å². The van der Waals surface area contributed by atoms with Gasteiger partial charge in [-0.3, -0.25) is 4.79 Å². The molecule has 0 bridgehead atoms. The van der Waals surface area contributed by atoms with E-state index in [0.717, 1.165) is 18.1 Å². The van der Waals surface area contributed by atoms with Gasteiger partial charge in [0.2, 0.25) is 5.91 Å². The van der Waals surface area contributed by atoms with Crippen molar-refractivity contribution in [2.45, 2.75) is 31.9 Å². The third-order valence-corrected chi connectivity index (χ3v) is 3.57. The summed E-state index contributed by atoms with van der Waals surface area (Å²) in [5.41, 5.74) is 0. The first-order chi connectivity index (χ1) is 7.22. The maximum absolute atomic E-state index is 11.5. The van der Waals surface area contributed by atoms with E-state index < -0.39 is 6.10 Å². The van der Waals surface area contributed by atoms with Gasteiger partial charge in [0.25, 0.3) is 0 Å². The molecule has 4 nitrogen and oxygen atoms in total. The Kier molecular flexibility index (Phi) is 6.05.